The number of hydrogen-bond donors (Lipinski definition) is 2. The van der Waals surface area contributed by atoms with Gasteiger partial charge in [0, 0.05) is 44.8 Å². The van der Waals surface area contributed by atoms with Gasteiger partial charge < -0.3 is 15.1 Å². The second-order valence-electron chi connectivity index (χ2n) is 7.72. The van der Waals surface area contributed by atoms with Gasteiger partial charge in [-0.25, -0.2) is 13.1 Å². The molecule has 168 valence electrons. The van der Waals surface area contributed by atoms with Crippen molar-refractivity contribution in [3.63, 3.8) is 0 Å². The van der Waals surface area contributed by atoms with Gasteiger partial charge in [-0.2, -0.15) is 0 Å². The van der Waals surface area contributed by atoms with Crippen LogP contribution in [0, 0.1) is 0 Å². The van der Waals surface area contributed by atoms with Crippen molar-refractivity contribution in [1.29, 1.82) is 0 Å². The molecule has 8 heteroatoms. The Balaban J connectivity index is 1.47. The van der Waals surface area contributed by atoms with Gasteiger partial charge in [-0.15, -0.1) is 0 Å². The molecule has 2 aromatic rings. The predicted octanol–water partition coefficient (Wildman–Crippen LogP) is 1.92. The molecule has 0 unspecified atom stereocenters. The van der Waals surface area contributed by atoms with Crippen molar-refractivity contribution in [3.05, 3.63) is 65.7 Å². The van der Waals surface area contributed by atoms with Crippen LogP contribution in [0.4, 0.5) is 0 Å². The summed E-state index contributed by atoms with van der Waals surface area (Å²) < 4.78 is 27.8. The summed E-state index contributed by atoms with van der Waals surface area (Å²) >= 11 is 0. The van der Waals surface area contributed by atoms with Crippen LogP contribution in [0.15, 0.2) is 59.5 Å². The summed E-state index contributed by atoms with van der Waals surface area (Å²) in [6.45, 7) is 9.34. The number of likely N-dealkylation sites (N-methyl/N-ethyl adjacent to an activating group) is 1. The molecule has 1 heterocycles. The van der Waals surface area contributed by atoms with Crippen molar-refractivity contribution in [2.24, 2.45) is 0 Å². The first-order chi connectivity index (χ1) is 15.0. The molecule has 3 rings (SSSR count). The molecule has 0 aromatic heterocycles. The second kappa shape index (κ2) is 11.4. The number of nitrogens with zero attached hydrogens (tertiary/aromatic N) is 2. The summed E-state index contributed by atoms with van der Waals surface area (Å²) in [5.74, 6) is -0.254. The summed E-state index contributed by atoms with van der Waals surface area (Å²) in [4.78, 5) is 17.4. The first-order valence-corrected chi connectivity index (χ1v) is 12.3. The molecule has 1 amide bonds. The molecule has 0 spiro atoms. The van der Waals surface area contributed by atoms with E-state index in [1.165, 1.54) is 12.1 Å². The summed E-state index contributed by atoms with van der Waals surface area (Å²) in [5.41, 5.74) is 1.22. The van der Waals surface area contributed by atoms with Crippen molar-refractivity contribution in [2.75, 3.05) is 45.8 Å². The van der Waals surface area contributed by atoms with E-state index in [4.69, 9.17) is 0 Å². The lowest BCUT2D eigenvalue weighted by atomic mass is 10.2. The number of amides is 1. The zero-order chi connectivity index (χ0) is 22.1. The SMILES string of the molecule is CCN1CCN(CCCNC(=O)c2cccc(S(=O)(=O)NCc3ccccc3)c2)CC1. The van der Waals surface area contributed by atoms with Crippen molar-refractivity contribution >= 4 is 15.9 Å². The number of carbonyl (C=O) groups excluding carboxylic acids is 1. The van der Waals surface area contributed by atoms with E-state index >= 15 is 0 Å². The minimum atomic E-state index is -3.70. The number of piperazine rings is 1. The molecule has 1 aliphatic heterocycles. The van der Waals surface area contributed by atoms with Crippen molar-refractivity contribution in [3.8, 4) is 0 Å². The Hall–Kier alpha value is -2.26. The van der Waals surface area contributed by atoms with Crippen LogP contribution in [0.5, 0.6) is 0 Å². The van der Waals surface area contributed by atoms with Crippen LogP contribution < -0.4 is 10.0 Å². The molecule has 7 nitrogen and oxygen atoms in total. The topological polar surface area (TPSA) is 81.8 Å². The van der Waals surface area contributed by atoms with Crippen molar-refractivity contribution in [1.82, 2.24) is 19.8 Å². The highest BCUT2D eigenvalue weighted by Crippen LogP contribution is 2.12. The van der Waals surface area contributed by atoms with Gasteiger partial charge in [-0.1, -0.05) is 43.3 Å². The van der Waals surface area contributed by atoms with E-state index in [1.54, 1.807) is 12.1 Å². The fraction of sp³-hybridized carbons (Fsp3) is 0.435. The summed E-state index contributed by atoms with van der Waals surface area (Å²) in [7, 11) is -3.70. The maximum Gasteiger partial charge on any atom is 0.251 e. The lowest BCUT2D eigenvalue weighted by Gasteiger charge is -2.33. The molecule has 0 saturated carbocycles. The Morgan fingerprint density at radius 2 is 1.68 bits per heavy atom. The second-order valence-corrected chi connectivity index (χ2v) is 9.49. The van der Waals surface area contributed by atoms with E-state index < -0.39 is 10.0 Å². The Labute approximate surface area is 185 Å². The zero-order valence-electron chi connectivity index (χ0n) is 18.1. The number of nitrogens with one attached hydrogen (secondary N) is 2. The molecule has 1 aliphatic rings. The van der Waals surface area contributed by atoms with E-state index in [0.29, 0.717) is 12.1 Å². The van der Waals surface area contributed by atoms with Gasteiger partial charge in [0.15, 0.2) is 0 Å². The van der Waals surface area contributed by atoms with Crippen LogP contribution in [-0.2, 0) is 16.6 Å². The highest BCUT2D eigenvalue weighted by Gasteiger charge is 2.17. The Bertz CT molecular complexity index is 942. The average molecular weight is 445 g/mol. The lowest BCUT2D eigenvalue weighted by Crippen LogP contribution is -2.46. The highest BCUT2D eigenvalue weighted by atomic mass is 32.2. The van der Waals surface area contributed by atoms with Gasteiger partial charge in [0.25, 0.3) is 5.91 Å². The van der Waals surface area contributed by atoms with Crippen molar-refractivity contribution < 1.29 is 13.2 Å². The number of hydrogen-bond acceptors (Lipinski definition) is 5. The monoisotopic (exact) mass is 444 g/mol. The summed E-state index contributed by atoms with van der Waals surface area (Å²) in [5, 5.41) is 2.90. The van der Waals surface area contributed by atoms with Gasteiger partial charge in [0.05, 0.1) is 4.90 Å². The number of carbonyl (C=O) groups is 1. The minimum absolute atomic E-state index is 0.0878. The molecule has 1 saturated heterocycles. The normalized spacial score (nSPS) is 15.6. The standard InChI is InChI=1S/C23H32N4O3S/c1-2-26-14-16-27(17-15-26)13-7-12-24-23(28)21-10-6-11-22(18-21)31(29,30)25-19-20-8-4-3-5-9-20/h3-6,8-11,18,25H,2,7,12-17,19H2,1H3,(H,24,28). The van der Waals surface area contributed by atoms with E-state index in [0.717, 1.165) is 51.3 Å². The third-order valence-electron chi connectivity index (χ3n) is 5.56. The third-order valence-corrected chi connectivity index (χ3v) is 6.96. The van der Waals surface area contributed by atoms with Crippen LogP contribution in [0.2, 0.25) is 0 Å². The molecule has 0 aliphatic carbocycles. The van der Waals surface area contributed by atoms with Gasteiger partial charge in [-0.3, -0.25) is 4.79 Å². The fourth-order valence-corrected chi connectivity index (χ4v) is 4.66. The summed E-state index contributed by atoms with van der Waals surface area (Å²) in [6, 6.07) is 15.5. The largest absolute Gasteiger partial charge is 0.352 e. The maximum atomic E-state index is 12.6. The molecule has 31 heavy (non-hydrogen) atoms. The zero-order valence-corrected chi connectivity index (χ0v) is 18.9. The first-order valence-electron chi connectivity index (χ1n) is 10.8. The average Bonchev–Trinajstić information content (AvgIpc) is 2.81. The Kier molecular flexibility index (Phi) is 8.60. The van der Waals surface area contributed by atoms with Crippen LogP contribution >= 0.6 is 0 Å². The summed E-state index contributed by atoms with van der Waals surface area (Å²) in [6.07, 6.45) is 0.870. The van der Waals surface area contributed by atoms with Crippen molar-refractivity contribution in [2.45, 2.75) is 24.8 Å². The smallest absolute Gasteiger partial charge is 0.251 e. The predicted molar refractivity (Wildman–Crippen MR) is 122 cm³/mol. The fourth-order valence-electron chi connectivity index (χ4n) is 3.60. The number of benzene rings is 2. The van der Waals surface area contributed by atoms with Gasteiger partial charge >= 0.3 is 0 Å². The molecule has 0 bridgehead atoms. The molecule has 0 atom stereocenters. The van der Waals surface area contributed by atoms with Crippen LogP contribution in [0.1, 0.15) is 29.3 Å². The lowest BCUT2D eigenvalue weighted by molar-refractivity contribution is 0.0948. The minimum Gasteiger partial charge on any atom is -0.352 e. The van der Waals surface area contributed by atoms with E-state index in [1.807, 2.05) is 30.3 Å². The van der Waals surface area contributed by atoms with Gasteiger partial charge in [0.1, 0.15) is 0 Å². The molecular weight excluding hydrogens is 412 g/mol. The van der Waals surface area contributed by atoms with Crippen LogP contribution in [0.3, 0.4) is 0 Å². The highest BCUT2D eigenvalue weighted by molar-refractivity contribution is 7.89. The van der Waals surface area contributed by atoms with E-state index in [2.05, 4.69) is 26.8 Å². The van der Waals surface area contributed by atoms with Gasteiger partial charge in [-0.05, 0) is 43.3 Å². The molecule has 1 fully saturated rings. The molecule has 2 aromatic carbocycles. The molecule has 2 N–H and O–H groups in total. The number of sulfonamides is 1. The Morgan fingerprint density at radius 3 is 2.39 bits per heavy atom. The Morgan fingerprint density at radius 1 is 0.968 bits per heavy atom. The van der Waals surface area contributed by atoms with Crippen LogP contribution in [-0.4, -0.2) is 69.9 Å². The maximum absolute atomic E-state index is 12.6. The van der Waals surface area contributed by atoms with Gasteiger partial charge in [0.2, 0.25) is 10.0 Å². The van der Waals surface area contributed by atoms with E-state index in [-0.39, 0.29) is 17.3 Å². The molecule has 0 radical (unpaired) electrons. The third kappa shape index (κ3) is 7.14. The number of rotatable bonds is 10. The molecular formula is C23H32N4O3S. The quantitative estimate of drug-likeness (QED) is 0.547. The van der Waals surface area contributed by atoms with E-state index in [9.17, 15) is 13.2 Å². The first kappa shape index (κ1) is 23.4. The van der Waals surface area contributed by atoms with Crippen LogP contribution in [0.25, 0.3) is 0 Å².